The zero-order valence-electron chi connectivity index (χ0n) is 11.0. The van der Waals surface area contributed by atoms with E-state index < -0.39 is 5.54 Å². The first-order valence-corrected chi connectivity index (χ1v) is 7.21. The van der Waals surface area contributed by atoms with Gasteiger partial charge < -0.3 is 15.5 Å². The summed E-state index contributed by atoms with van der Waals surface area (Å²) in [6, 6.07) is 3.34. The van der Waals surface area contributed by atoms with Crippen molar-refractivity contribution in [3.05, 3.63) is 24.2 Å². The number of hydrogen-bond acceptors (Lipinski definition) is 3. The van der Waals surface area contributed by atoms with Gasteiger partial charge in [0.05, 0.1) is 16.8 Å². The summed E-state index contributed by atoms with van der Waals surface area (Å²) in [5.74, 6) is 0.0658. The molecular formula is C14H20N2O2S. The van der Waals surface area contributed by atoms with Crippen LogP contribution in [0.15, 0.2) is 22.8 Å². The molecule has 0 radical (unpaired) electrons. The van der Waals surface area contributed by atoms with Gasteiger partial charge in [-0.15, -0.1) is 0 Å². The van der Waals surface area contributed by atoms with E-state index in [2.05, 4.69) is 5.32 Å². The van der Waals surface area contributed by atoms with Gasteiger partial charge in [-0.05, 0) is 25.0 Å². The summed E-state index contributed by atoms with van der Waals surface area (Å²) in [6.07, 6.45) is 8.77. The zero-order valence-corrected chi connectivity index (χ0v) is 11.8. The highest BCUT2D eigenvalue weighted by Gasteiger charge is 2.35. The second-order valence-corrected chi connectivity index (χ2v) is 5.59. The van der Waals surface area contributed by atoms with E-state index in [4.69, 9.17) is 22.4 Å². The molecule has 1 aliphatic rings. The number of hydrogen-bond donors (Lipinski definition) is 2. The van der Waals surface area contributed by atoms with E-state index in [0.29, 0.717) is 10.7 Å². The molecule has 0 aliphatic heterocycles. The summed E-state index contributed by atoms with van der Waals surface area (Å²) in [7, 11) is 0. The van der Waals surface area contributed by atoms with E-state index in [1.807, 2.05) is 0 Å². The third-order valence-corrected chi connectivity index (χ3v) is 4.17. The summed E-state index contributed by atoms with van der Waals surface area (Å²) in [5.41, 5.74) is 5.35. The van der Waals surface area contributed by atoms with Crippen LogP contribution >= 0.6 is 12.2 Å². The van der Waals surface area contributed by atoms with Crippen molar-refractivity contribution in [1.29, 1.82) is 0 Å². The highest BCUT2D eigenvalue weighted by molar-refractivity contribution is 7.80. The first-order valence-electron chi connectivity index (χ1n) is 6.80. The molecule has 0 atom stereocenters. The standard InChI is InChI=1S/C14H20N2O2S/c15-13(19)14(8-4-2-1-3-5-9-14)16-12(17)11-7-6-10-18-11/h6-7,10H,1-5,8-9H2,(H2,15,19)(H,16,17). The Balaban J connectivity index is 2.13. The second kappa shape index (κ2) is 6.19. The lowest BCUT2D eigenvalue weighted by atomic mass is 9.83. The molecule has 5 heteroatoms. The van der Waals surface area contributed by atoms with Crippen molar-refractivity contribution < 1.29 is 9.21 Å². The largest absolute Gasteiger partial charge is 0.459 e. The Bertz CT molecular complexity index is 434. The fourth-order valence-corrected chi connectivity index (χ4v) is 2.88. The van der Waals surface area contributed by atoms with Gasteiger partial charge in [0.25, 0.3) is 5.91 Å². The average Bonchev–Trinajstić information content (AvgIpc) is 2.86. The Hall–Kier alpha value is -1.36. The molecule has 0 bridgehead atoms. The third-order valence-electron chi connectivity index (χ3n) is 3.78. The Morgan fingerprint density at radius 1 is 1.26 bits per heavy atom. The number of nitrogens with two attached hydrogens (primary N) is 1. The number of thiocarbonyl (C=S) groups is 1. The summed E-state index contributed by atoms with van der Waals surface area (Å²) in [5, 5.41) is 3.00. The first-order chi connectivity index (χ1) is 9.14. The van der Waals surface area contributed by atoms with Crippen molar-refractivity contribution in [3.63, 3.8) is 0 Å². The van der Waals surface area contributed by atoms with Crippen molar-refractivity contribution >= 4 is 23.1 Å². The van der Waals surface area contributed by atoms with Gasteiger partial charge in [-0.2, -0.15) is 0 Å². The van der Waals surface area contributed by atoms with Crippen LogP contribution in [0.25, 0.3) is 0 Å². The molecule has 0 spiro atoms. The van der Waals surface area contributed by atoms with Crippen LogP contribution in [0, 0.1) is 0 Å². The van der Waals surface area contributed by atoms with Gasteiger partial charge in [0.15, 0.2) is 5.76 Å². The van der Waals surface area contributed by atoms with Crippen molar-refractivity contribution in [1.82, 2.24) is 5.32 Å². The third kappa shape index (κ3) is 3.35. The van der Waals surface area contributed by atoms with Crippen LogP contribution in [-0.4, -0.2) is 16.4 Å². The minimum atomic E-state index is -0.556. The molecule has 0 aromatic carbocycles. The Kier molecular flexibility index (Phi) is 4.58. The SMILES string of the molecule is NC(=S)C1(NC(=O)c2ccco2)CCCCCCC1. The molecule has 19 heavy (non-hydrogen) atoms. The van der Waals surface area contributed by atoms with Gasteiger partial charge in [0, 0.05) is 0 Å². The molecule has 0 unspecified atom stereocenters. The molecule has 1 aromatic rings. The van der Waals surface area contributed by atoms with Gasteiger partial charge in [0.2, 0.25) is 0 Å². The van der Waals surface area contributed by atoms with Crippen LogP contribution in [0.4, 0.5) is 0 Å². The molecule has 1 heterocycles. The van der Waals surface area contributed by atoms with E-state index >= 15 is 0 Å². The number of amides is 1. The summed E-state index contributed by atoms with van der Waals surface area (Å²) in [4.78, 5) is 12.5. The van der Waals surface area contributed by atoms with E-state index in [1.165, 1.54) is 25.5 Å². The summed E-state index contributed by atoms with van der Waals surface area (Å²) >= 11 is 5.21. The van der Waals surface area contributed by atoms with Crippen LogP contribution in [0.5, 0.6) is 0 Å². The molecule has 0 saturated heterocycles. The van der Waals surface area contributed by atoms with Crippen LogP contribution < -0.4 is 11.1 Å². The molecule has 1 amide bonds. The molecule has 1 aromatic heterocycles. The van der Waals surface area contributed by atoms with Gasteiger partial charge in [-0.3, -0.25) is 4.79 Å². The monoisotopic (exact) mass is 280 g/mol. The maximum Gasteiger partial charge on any atom is 0.287 e. The lowest BCUT2D eigenvalue weighted by molar-refractivity contribution is 0.0884. The number of rotatable bonds is 3. The van der Waals surface area contributed by atoms with Gasteiger partial charge in [-0.25, -0.2) is 0 Å². The molecule has 104 valence electrons. The van der Waals surface area contributed by atoms with Crippen molar-refractivity contribution in [2.45, 2.75) is 50.5 Å². The van der Waals surface area contributed by atoms with Crippen LogP contribution in [-0.2, 0) is 0 Å². The minimum Gasteiger partial charge on any atom is -0.459 e. The van der Waals surface area contributed by atoms with E-state index in [1.54, 1.807) is 12.1 Å². The quantitative estimate of drug-likeness (QED) is 0.835. The van der Waals surface area contributed by atoms with Crippen molar-refractivity contribution in [2.75, 3.05) is 0 Å². The van der Waals surface area contributed by atoms with Crippen molar-refractivity contribution in [3.8, 4) is 0 Å². The fourth-order valence-electron chi connectivity index (χ4n) is 2.63. The molecular weight excluding hydrogens is 260 g/mol. The van der Waals surface area contributed by atoms with Gasteiger partial charge >= 0.3 is 0 Å². The Morgan fingerprint density at radius 3 is 2.42 bits per heavy atom. The maximum absolute atomic E-state index is 12.2. The smallest absolute Gasteiger partial charge is 0.287 e. The number of furan rings is 1. The summed E-state index contributed by atoms with van der Waals surface area (Å²) in [6.45, 7) is 0. The molecule has 4 nitrogen and oxygen atoms in total. The van der Waals surface area contributed by atoms with E-state index in [0.717, 1.165) is 25.7 Å². The van der Waals surface area contributed by atoms with Crippen LogP contribution in [0.1, 0.15) is 55.5 Å². The van der Waals surface area contributed by atoms with E-state index in [9.17, 15) is 4.79 Å². The van der Waals surface area contributed by atoms with Crippen LogP contribution in [0.3, 0.4) is 0 Å². The van der Waals surface area contributed by atoms with E-state index in [-0.39, 0.29) is 5.91 Å². The average molecular weight is 280 g/mol. The molecule has 1 saturated carbocycles. The van der Waals surface area contributed by atoms with Crippen molar-refractivity contribution in [2.24, 2.45) is 5.73 Å². The topological polar surface area (TPSA) is 68.3 Å². The molecule has 2 rings (SSSR count). The highest BCUT2D eigenvalue weighted by atomic mass is 32.1. The lowest BCUT2D eigenvalue weighted by Gasteiger charge is -2.35. The Labute approximate surface area is 118 Å². The highest BCUT2D eigenvalue weighted by Crippen LogP contribution is 2.27. The zero-order chi connectivity index (χ0) is 13.7. The normalized spacial score (nSPS) is 19.2. The summed E-state index contributed by atoms with van der Waals surface area (Å²) < 4.78 is 5.12. The minimum absolute atomic E-state index is 0.238. The fraction of sp³-hybridized carbons (Fsp3) is 0.571. The second-order valence-electron chi connectivity index (χ2n) is 5.15. The number of carbonyl (C=O) groups is 1. The molecule has 3 N–H and O–H groups in total. The number of carbonyl (C=O) groups excluding carboxylic acids is 1. The van der Waals surface area contributed by atoms with Gasteiger partial charge in [-0.1, -0.05) is 44.3 Å². The predicted octanol–water partition coefficient (Wildman–Crippen LogP) is 2.78. The lowest BCUT2D eigenvalue weighted by Crippen LogP contribution is -2.56. The molecule has 1 fully saturated rings. The van der Waals surface area contributed by atoms with Crippen LogP contribution in [0.2, 0.25) is 0 Å². The van der Waals surface area contributed by atoms with Gasteiger partial charge in [0.1, 0.15) is 0 Å². The number of nitrogens with one attached hydrogen (secondary N) is 1. The Morgan fingerprint density at radius 2 is 1.89 bits per heavy atom. The first kappa shape index (κ1) is 14.1. The predicted molar refractivity (Wildman–Crippen MR) is 78.0 cm³/mol. The molecule has 1 aliphatic carbocycles. The maximum atomic E-state index is 12.2.